The van der Waals surface area contributed by atoms with E-state index in [1.165, 1.54) is 0 Å². The van der Waals surface area contributed by atoms with Crippen molar-refractivity contribution in [1.82, 2.24) is 24.5 Å². The van der Waals surface area contributed by atoms with Crippen molar-refractivity contribution in [2.24, 2.45) is 0 Å². The molecule has 0 saturated heterocycles. The van der Waals surface area contributed by atoms with Gasteiger partial charge in [0.1, 0.15) is 5.82 Å². The number of rotatable bonds is 7. The van der Waals surface area contributed by atoms with Crippen molar-refractivity contribution in [2.75, 3.05) is 18.2 Å². The quantitative estimate of drug-likeness (QED) is 0.432. The summed E-state index contributed by atoms with van der Waals surface area (Å²) in [6.07, 6.45) is 3.57. The number of sulfonamides is 1. The van der Waals surface area contributed by atoms with Crippen LogP contribution in [0.1, 0.15) is 22.4 Å². The van der Waals surface area contributed by atoms with Crippen molar-refractivity contribution in [1.29, 1.82) is 0 Å². The molecule has 2 aromatic heterocycles. The Morgan fingerprint density at radius 2 is 1.91 bits per heavy atom. The number of fused-ring (bicyclic) bond motifs is 2. The Labute approximate surface area is 191 Å². The van der Waals surface area contributed by atoms with E-state index in [0.717, 1.165) is 45.4 Å². The first kappa shape index (κ1) is 21.5. The van der Waals surface area contributed by atoms with Gasteiger partial charge in [-0.1, -0.05) is 42.5 Å². The lowest BCUT2D eigenvalue weighted by Crippen LogP contribution is -2.21. The van der Waals surface area contributed by atoms with E-state index in [1.54, 1.807) is 10.9 Å². The molecule has 4 aromatic rings. The molecular formula is C23H24N6O3S. The largest absolute Gasteiger partial charge is 0.376 e. The molecule has 33 heavy (non-hydrogen) atoms. The monoisotopic (exact) mass is 464 g/mol. The molecule has 0 radical (unpaired) electrons. The minimum atomic E-state index is -3.30. The van der Waals surface area contributed by atoms with Crippen LogP contribution in [0.3, 0.4) is 0 Å². The molecule has 0 amide bonds. The number of nitrogens with zero attached hydrogens (tertiary/aromatic N) is 4. The van der Waals surface area contributed by atoms with Gasteiger partial charge in [-0.2, -0.15) is 14.8 Å². The minimum absolute atomic E-state index is 0.189. The van der Waals surface area contributed by atoms with Gasteiger partial charge in [0.05, 0.1) is 36.9 Å². The third kappa shape index (κ3) is 4.72. The highest BCUT2D eigenvalue weighted by molar-refractivity contribution is 7.88. The lowest BCUT2D eigenvalue weighted by atomic mass is 10.1. The van der Waals surface area contributed by atoms with Crippen LogP contribution >= 0.6 is 0 Å². The lowest BCUT2D eigenvalue weighted by Gasteiger charge is -2.20. The molecule has 0 atom stereocenters. The first-order valence-electron chi connectivity index (χ1n) is 10.6. The summed E-state index contributed by atoms with van der Waals surface area (Å²) in [7, 11) is -3.30. The zero-order valence-electron chi connectivity index (χ0n) is 18.2. The van der Waals surface area contributed by atoms with Crippen LogP contribution in [0.4, 0.5) is 5.82 Å². The van der Waals surface area contributed by atoms with Crippen molar-refractivity contribution in [3.05, 3.63) is 77.1 Å². The van der Waals surface area contributed by atoms with Crippen LogP contribution in [0.25, 0.3) is 16.9 Å². The fraction of sp³-hybridized carbons (Fsp3) is 0.261. The number of hydrogen-bond acceptors (Lipinski definition) is 7. The Bertz CT molecular complexity index is 1400. The summed E-state index contributed by atoms with van der Waals surface area (Å²) in [6.45, 7) is 1.90. The summed E-state index contributed by atoms with van der Waals surface area (Å²) in [5.74, 6) is 1.20. The molecule has 10 heteroatoms. The molecule has 3 heterocycles. The van der Waals surface area contributed by atoms with Gasteiger partial charge < -0.3 is 10.1 Å². The van der Waals surface area contributed by atoms with E-state index in [4.69, 9.17) is 14.7 Å². The van der Waals surface area contributed by atoms with Crippen LogP contribution in [0.5, 0.6) is 0 Å². The van der Waals surface area contributed by atoms with E-state index in [2.05, 4.69) is 27.3 Å². The van der Waals surface area contributed by atoms with Crippen molar-refractivity contribution in [3.63, 3.8) is 0 Å². The standard InChI is InChI=1S/C23H24N6O3S/c1-33(30,31)26-13-17-8-5-9-21-18(17)14-25-29(21)23-27-20-10-11-32-15-19(20)22(28-23)24-12-16-6-3-2-4-7-16/h2-9,14,26H,10-13,15H2,1H3,(H,24,27,28). The first-order valence-corrected chi connectivity index (χ1v) is 12.5. The Morgan fingerprint density at radius 3 is 2.73 bits per heavy atom. The van der Waals surface area contributed by atoms with Gasteiger partial charge in [-0.15, -0.1) is 0 Å². The highest BCUT2D eigenvalue weighted by Crippen LogP contribution is 2.26. The van der Waals surface area contributed by atoms with E-state index in [1.807, 2.05) is 36.4 Å². The number of nitrogens with one attached hydrogen (secondary N) is 2. The van der Waals surface area contributed by atoms with E-state index >= 15 is 0 Å². The molecule has 1 aliphatic heterocycles. The Morgan fingerprint density at radius 1 is 1.06 bits per heavy atom. The van der Waals surface area contributed by atoms with Crippen molar-refractivity contribution in [3.8, 4) is 5.95 Å². The molecule has 170 valence electrons. The number of aromatic nitrogens is 4. The van der Waals surface area contributed by atoms with Crippen LogP contribution in [0.15, 0.2) is 54.7 Å². The maximum absolute atomic E-state index is 11.5. The normalized spacial score (nSPS) is 13.7. The fourth-order valence-electron chi connectivity index (χ4n) is 3.87. The van der Waals surface area contributed by atoms with E-state index in [-0.39, 0.29) is 6.54 Å². The Kier molecular flexibility index (Phi) is 5.79. The molecule has 0 spiro atoms. The molecule has 0 fully saturated rings. The van der Waals surface area contributed by atoms with E-state index < -0.39 is 10.0 Å². The topological polar surface area (TPSA) is 111 Å². The van der Waals surface area contributed by atoms with E-state index in [0.29, 0.717) is 32.1 Å². The summed E-state index contributed by atoms with van der Waals surface area (Å²) < 4.78 is 33.0. The van der Waals surface area contributed by atoms with Gasteiger partial charge in [0, 0.05) is 30.5 Å². The molecule has 2 N–H and O–H groups in total. The molecule has 0 saturated carbocycles. The van der Waals surface area contributed by atoms with Crippen LogP contribution < -0.4 is 10.0 Å². The molecule has 0 bridgehead atoms. The van der Waals surface area contributed by atoms with Gasteiger partial charge in [-0.25, -0.2) is 18.1 Å². The summed E-state index contributed by atoms with van der Waals surface area (Å²) in [5, 5.41) is 8.82. The highest BCUT2D eigenvalue weighted by atomic mass is 32.2. The second kappa shape index (κ2) is 8.89. The van der Waals surface area contributed by atoms with Crippen molar-refractivity contribution >= 4 is 26.7 Å². The van der Waals surface area contributed by atoms with Gasteiger partial charge in [-0.05, 0) is 17.2 Å². The summed E-state index contributed by atoms with van der Waals surface area (Å²) in [6, 6.07) is 15.8. The summed E-state index contributed by atoms with van der Waals surface area (Å²) in [5.41, 5.74) is 4.70. The third-order valence-corrected chi connectivity index (χ3v) is 6.20. The number of benzene rings is 2. The van der Waals surface area contributed by atoms with Gasteiger partial charge in [-0.3, -0.25) is 0 Å². The molecule has 2 aromatic carbocycles. The average Bonchev–Trinajstić information content (AvgIpc) is 3.26. The molecule has 0 unspecified atom stereocenters. The summed E-state index contributed by atoms with van der Waals surface area (Å²) in [4.78, 5) is 9.59. The average molecular weight is 465 g/mol. The molecule has 0 aliphatic carbocycles. The van der Waals surface area contributed by atoms with Gasteiger partial charge >= 0.3 is 0 Å². The van der Waals surface area contributed by atoms with Crippen LogP contribution in [0, 0.1) is 0 Å². The predicted molar refractivity (Wildman–Crippen MR) is 125 cm³/mol. The van der Waals surface area contributed by atoms with Gasteiger partial charge in [0.15, 0.2) is 0 Å². The molecule has 5 rings (SSSR count). The molecular weight excluding hydrogens is 440 g/mol. The third-order valence-electron chi connectivity index (χ3n) is 5.53. The first-order chi connectivity index (χ1) is 16.0. The van der Waals surface area contributed by atoms with Crippen LogP contribution in [0.2, 0.25) is 0 Å². The number of hydrogen-bond donors (Lipinski definition) is 2. The minimum Gasteiger partial charge on any atom is -0.376 e. The Hall–Kier alpha value is -3.34. The van der Waals surface area contributed by atoms with E-state index in [9.17, 15) is 8.42 Å². The maximum Gasteiger partial charge on any atom is 0.253 e. The van der Waals surface area contributed by atoms with Crippen LogP contribution in [-0.2, 0) is 40.9 Å². The fourth-order valence-corrected chi connectivity index (χ4v) is 4.29. The molecule has 1 aliphatic rings. The van der Waals surface area contributed by atoms with Crippen LogP contribution in [-0.4, -0.2) is 41.0 Å². The van der Waals surface area contributed by atoms with Gasteiger partial charge in [0.25, 0.3) is 5.95 Å². The zero-order chi connectivity index (χ0) is 22.8. The lowest BCUT2D eigenvalue weighted by molar-refractivity contribution is 0.109. The second-order valence-electron chi connectivity index (χ2n) is 7.94. The van der Waals surface area contributed by atoms with Crippen molar-refractivity contribution in [2.45, 2.75) is 26.1 Å². The smallest absolute Gasteiger partial charge is 0.253 e. The maximum atomic E-state index is 11.5. The molecule has 9 nitrogen and oxygen atoms in total. The number of anilines is 1. The number of ether oxygens (including phenoxy) is 1. The van der Waals surface area contributed by atoms with Gasteiger partial charge in [0.2, 0.25) is 10.0 Å². The Balaban J connectivity index is 1.52. The summed E-state index contributed by atoms with van der Waals surface area (Å²) >= 11 is 0. The predicted octanol–water partition coefficient (Wildman–Crippen LogP) is 2.55. The zero-order valence-corrected chi connectivity index (χ0v) is 19.0. The SMILES string of the molecule is CS(=O)(=O)NCc1cccc2c1cnn2-c1nc2c(c(NCc3ccccc3)n1)COCC2. The van der Waals surface area contributed by atoms with Crippen molar-refractivity contribution < 1.29 is 13.2 Å². The highest BCUT2D eigenvalue weighted by Gasteiger charge is 2.20. The second-order valence-corrected chi connectivity index (χ2v) is 9.77.